The van der Waals surface area contributed by atoms with Crippen molar-refractivity contribution in [3.05, 3.63) is 23.8 Å². The molecule has 0 amide bonds. The van der Waals surface area contributed by atoms with E-state index in [-0.39, 0.29) is 11.5 Å². The summed E-state index contributed by atoms with van der Waals surface area (Å²) in [7, 11) is 0. The minimum Gasteiger partial charge on any atom is -0.480 e. The van der Waals surface area contributed by atoms with Gasteiger partial charge in [-0.1, -0.05) is 33.8 Å². The number of esters is 2. The van der Waals surface area contributed by atoms with Crippen LogP contribution in [0, 0.1) is 16.7 Å². The fourth-order valence-corrected chi connectivity index (χ4v) is 3.53. The van der Waals surface area contributed by atoms with Crippen molar-refractivity contribution in [3.8, 4) is 11.5 Å². The summed E-state index contributed by atoms with van der Waals surface area (Å²) in [6.45, 7) is 19.4. The maximum atomic E-state index is 13.0. The molecule has 10 heteroatoms. The maximum absolute atomic E-state index is 13.0. The smallest absolute Gasteiger partial charge is 0.480 e. The first-order chi connectivity index (χ1) is 18.7. The predicted octanol–water partition coefficient (Wildman–Crippen LogP) is 6.23. The van der Waals surface area contributed by atoms with Gasteiger partial charge in [-0.2, -0.15) is 0 Å². The van der Waals surface area contributed by atoms with Crippen LogP contribution < -0.4 is 15.2 Å². The monoisotopic (exact) mass is 579 g/mol. The molecule has 3 unspecified atom stereocenters. The Kier molecular flexibility index (Phi) is 12.4. The van der Waals surface area contributed by atoms with E-state index in [1.807, 2.05) is 20.8 Å². The Hall–Kier alpha value is -3.14. The summed E-state index contributed by atoms with van der Waals surface area (Å²) in [5, 5.41) is 9.84. The minimum absolute atomic E-state index is 0.0190. The van der Waals surface area contributed by atoms with Gasteiger partial charge in [0.15, 0.2) is 11.5 Å². The Morgan fingerprint density at radius 2 is 1.32 bits per heavy atom. The van der Waals surface area contributed by atoms with Crippen molar-refractivity contribution in [2.45, 2.75) is 119 Å². The molecule has 0 heterocycles. The molecule has 41 heavy (non-hydrogen) atoms. The van der Waals surface area contributed by atoms with Crippen molar-refractivity contribution in [1.82, 2.24) is 0 Å². The van der Waals surface area contributed by atoms with E-state index in [4.69, 9.17) is 24.7 Å². The van der Waals surface area contributed by atoms with Crippen LogP contribution in [0.5, 0.6) is 11.5 Å². The molecule has 0 saturated carbocycles. The van der Waals surface area contributed by atoms with Gasteiger partial charge in [-0.15, -0.1) is 0 Å². The first-order valence-electron chi connectivity index (χ1n) is 14.2. The van der Waals surface area contributed by atoms with Crippen LogP contribution in [0.3, 0.4) is 0 Å². The number of carboxylic acids is 1. The summed E-state index contributed by atoms with van der Waals surface area (Å²) in [4.78, 5) is 50.4. The second-order valence-corrected chi connectivity index (χ2v) is 12.5. The quantitative estimate of drug-likeness (QED) is 0.192. The summed E-state index contributed by atoms with van der Waals surface area (Å²) >= 11 is 0. The van der Waals surface area contributed by atoms with Crippen molar-refractivity contribution in [2.75, 3.05) is 0 Å². The van der Waals surface area contributed by atoms with Gasteiger partial charge in [0.1, 0.15) is 17.7 Å². The van der Waals surface area contributed by atoms with Crippen LogP contribution >= 0.6 is 0 Å². The number of aliphatic carboxylic acids is 1. The zero-order valence-corrected chi connectivity index (χ0v) is 26.5. The molecule has 0 bridgehead atoms. The lowest BCUT2D eigenvalue weighted by molar-refractivity contribution is -0.147. The van der Waals surface area contributed by atoms with Gasteiger partial charge >= 0.3 is 24.1 Å². The van der Waals surface area contributed by atoms with E-state index < -0.39 is 64.5 Å². The summed E-state index contributed by atoms with van der Waals surface area (Å²) in [5.41, 5.74) is 4.20. The molecule has 0 aliphatic rings. The minimum atomic E-state index is -1.40. The van der Waals surface area contributed by atoms with E-state index in [1.165, 1.54) is 12.1 Å². The predicted molar refractivity (Wildman–Crippen MR) is 155 cm³/mol. The largest absolute Gasteiger partial charge is 0.509 e. The van der Waals surface area contributed by atoms with Gasteiger partial charge in [-0.25, -0.2) is 4.79 Å². The second-order valence-electron chi connectivity index (χ2n) is 12.5. The SMILES string of the molecule is CCC(C)(C)OC(=O)OC(C)C(C)C(c1ccc(OC(=O)C(C)(C)CC)c(OC(=O)C(C)(C)CC)c1)[C@H](N)C(=O)O. The van der Waals surface area contributed by atoms with Gasteiger partial charge in [0.05, 0.1) is 10.8 Å². The highest BCUT2D eigenvalue weighted by atomic mass is 16.7. The van der Waals surface area contributed by atoms with Crippen molar-refractivity contribution in [1.29, 1.82) is 0 Å². The lowest BCUT2D eigenvalue weighted by atomic mass is 9.79. The lowest BCUT2D eigenvalue weighted by Crippen LogP contribution is -2.43. The highest BCUT2D eigenvalue weighted by Gasteiger charge is 2.37. The molecule has 10 nitrogen and oxygen atoms in total. The number of nitrogens with two attached hydrogens (primary N) is 1. The molecule has 0 aliphatic heterocycles. The molecular formula is C31H49NO9. The number of benzene rings is 1. The van der Waals surface area contributed by atoms with Gasteiger partial charge in [0, 0.05) is 11.8 Å². The number of carboxylic acid groups (broad SMARTS) is 1. The third kappa shape index (κ3) is 9.73. The van der Waals surface area contributed by atoms with Crippen molar-refractivity contribution in [3.63, 3.8) is 0 Å². The number of carbonyl (C=O) groups excluding carboxylic acids is 3. The molecule has 1 aromatic carbocycles. The van der Waals surface area contributed by atoms with Crippen LogP contribution in [-0.4, -0.2) is 46.9 Å². The van der Waals surface area contributed by atoms with E-state index >= 15 is 0 Å². The molecular weight excluding hydrogens is 530 g/mol. The van der Waals surface area contributed by atoms with Crippen LogP contribution in [0.25, 0.3) is 0 Å². The molecule has 0 radical (unpaired) electrons. The molecule has 1 aromatic rings. The molecule has 4 atom stereocenters. The fraction of sp³-hybridized carbons (Fsp3) is 0.677. The standard InChI is InChI=1S/C31H49NO9/c1-12-29(6,7)26(35)39-21-16-15-20(17-22(21)40-27(36)30(8,9)13-2)23(24(32)25(33)34)18(4)19(5)38-28(37)41-31(10,11)14-3/h15-19,23-24H,12-14,32H2,1-11H3,(H,33,34)/t18?,19?,23?,24-/m0/s1. The van der Waals surface area contributed by atoms with E-state index in [0.29, 0.717) is 24.8 Å². The third-order valence-electron chi connectivity index (χ3n) is 8.10. The van der Waals surface area contributed by atoms with Gasteiger partial charge in [-0.05, 0) is 85.4 Å². The van der Waals surface area contributed by atoms with Crippen LogP contribution in [-0.2, 0) is 23.9 Å². The van der Waals surface area contributed by atoms with E-state index in [0.717, 1.165) is 0 Å². The van der Waals surface area contributed by atoms with Crippen LogP contribution in [0.2, 0.25) is 0 Å². The van der Waals surface area contributed by atoms with Gasteiger partial charge in [-0.3, -0.25) is 14.4 Å². The zero-order chi connectivity index (χ0) is 31.9. The van der Waals surface area contributed by atoms with E-state index in [9.17, 15) is 24.3 Å². The first kappa shape index (κ1) is 35.9. The van der Waals surface area contributed by atoms with Crippen molar-refractivity contribution < 1.29 is 43.2 Å². The lowest BCUT2D eigenvalue weighted by Gasteiger charge is -2.32. The Labute approximate surface area is 244 Å². The Balaban J connectivity index is 3.57. The number of ether oxygens (including phenoxy) is 4. The van der Waals surface area contributed by atoms with E-state index in [2.05, 4.69) is 0 Å². The van der Waals surface area contributed by atoms with Crippen LogP contribution in [0.15, 0.2) is 18.2 Å². The summed E-state index contributed by atoms with van der Waals surface area (Å²) in [6.07, 6.45) is -0.0896. The van der Waals surface area contributed by atoms with Crippen molar-refractivity contribution in [2.24, 2.45) is 22.5 Å². The average molecular weight is 580 g/mol. The number of rotatable bonds is 14. The Morgan fingerprint density at radius 3 is 1.76 bits per heavy atom. The third-order valence-corrected chi connectivity index (χ3v) is 8.10. The second kappa shape index (κ2) is 14.2. The molecule has 0 spiro atoms. The first-order valence-corrected chi connectivity index (χ1v) is 14.2. The normalized spacial score (nSPS) is 15.2. The number of hydrogen-bond acceptors (Lipinski definition) is 9. The average Bonchev–Trinajstić information content (AvgIpc) is 2.89. The van der Waals surface area contributed by atoms with Gasteiger partial charge < -0.3 is 29.8 Å². The number of hydrogen-bond donors (Lipinski definition) is 2. The molecule has 0 saturated heterocycles. The summed E-state index contributed by atoms with van der Waals surface area (Å²) < 4.78 is 22.3. The summed E-state index contributed by atoms with van der Waals surface area (Å²) in [5.74, 6) is -3.84. The maximum Gasteiger partial charge on any atom is 0.509 e. The van der Waals surface area contributed by atoms with E-state index in [1.54, 1.807) is 61.5 Å². The zero-order valence-electron chi connectivity index (χ0n) is 26.5. The topological polar surface area (TPSA) is 151 Å². The Bertz CT molecular complexity index is 1090. The Morgan fingerprint density at radius 1 is 0.829 bits per heavy atom. The molecule has 0 aliphatic carbocycles. The summed E-state index contributed by atoms with van der Waals surface area (Å²) in [6, 6.07) is 3.08. The van der Waals surface area contributed by atoms with Gasteiger partial charge in [0.2, 0.25) is 0 Å². The van der Waals surface area contributed by atoms with Gasteiger partial charge in [0.25, 0.3) is 0 Å². The van der Waals surface area contributed by atoms with Crippen molar-refractivity contribution >= 4 is 24.1 Å². The molecule has 3 N–H and O–H groups in total. The molecule has 232 valence electrons. The highest BCUT2D eigenvalue weighted by Crippen LogP contribution is 2.39. The highest BCUT2D eigenvalue weighted by molar-refractivity contribution is 5.82. The van der Waals surface area contributed by atoms with Crippen LogP contribution in [0.1, 0.15) is 107 Å². The molecule has 1 rings (SSSR count). The molecule has 0 aromatic heterocycles. The van der Waals surface area contributed by atoms with Crippen LogP contribution in [0.4, 0.5) is 4.79 Å². The number of carbonyl (C=O) groups is 4. The fourth-order valence-electron chi connectivity index (χ4n) is 3.53. The molecule has 0 fully saturated rings.